The van der Waals surface area contributed by atoms with Crippen LogP contribution in [0.1, 0.15) is 69.9 Å². The lowest BCUT2D eigenvalue weighted by Gasteiger charge is -2.32. The van der Waals surface area contributed by atoms with Gasteiger partial charge in [-0.2, -0.15) is 13.2 Å². The van der Waals surface area contributed by atoms with Gasteiger partial charge in [0.25, 0.3) is 0 Å². The molecule has 0 amide bonds. The maximum Gasteiger partial charge on any atom is 0.412 e. The van der Waals surface area contributed by atoms with Crippen molar-refractivity contribution in [3.05, 3.63) is 41.5 Å². The summed E-state index contributed by atoms with van der Waals surface area (Å²) in [6.45, 7) is 4.63. The molecule has 0 nitrogen and oxygen atoms in total. The molecular weight excluding hydrogens is 340 g/mol. The highest BCUT2D eigenvalue weighted by Crippen LogP contribution is 2.37. The van der Waals surface area contributed by atoms with E-state index in [-0.39, 0.29) is 11.6 Å². The van der Waals surface area contributed by atoms with Crippen molar-refractivity contribution in [2.75, 3.05) is 0 Å². The molecule has 26 heavy (non-hydrogen) atoms. The molecular formula is C22H30F4. The van der Waals surface area contributed by atoms with Crippen LogP contribution in [0.15, 0.2) is 30.3 Å². The zero-order chi connectivity index (χ0) is 19.2. The molecule has 1 aromatic rings. The van der Waals surface area contributed by atoms with Crippen molar-refractivity contribution in [3.63, 3.8) is 0 Å². The summed E-state index contributed by atoms with van der Waals surface area (Å²) in [5.41, 5.74) is 1.05. The molecule has 1 aromatic carbocycles. The molecule has 2 rings (SSSR count). The maximum atomic E-state index is 13.5. The monoisotopic (exact) mass is 370 g/mol. The molecule has 0 radical (unpaired) electrons. The molecule has 4 heteroatoms. The summed E-state index contributed by atoms with van der Waals surface area (Å²) in [6, 6.07) is 6.37. The molecule has 1 saturated carbocycles. The van der Waals surface area contributed by atoms with E-state index in [0.717, 1.165) is 36.2 Å². The Labute approximate surface area is 154 Å². The summed E-state index contributed by atoms with van der Waals surface area (Å²) in [4.78, 5) is 0. The van der Waals surface area contributed by atoms with Gasteiger partial charge in [-0.15, -0.1) is 0 Å². The van der Waals surface area contributed by atoms with E-state index in [9.17, 15) is 17.6 Å². The first-order valence-electron chi connectivity index (χ1n) is 9.83. The van der Waals surface area contributed by atoms with Crippen LogP contribution in [0.5, 0.6) is 0 Å². The van der Waals surface area contributed by atoms with Gasteiger partial charge in [0.2, 0.25) is 0 Å². The number of aryl methyl sites for hydroxylation is 1. The van der Waals surface area contributed by atoms with Gasteiger partial charge >= 0.3 is 6.18 Å². The number of allylic oxidation sites excluding steroid dienone is 1. The first-order valence-corrected chi connectivity index (χ1v) is 9.83. The molecule has 1 atom stereocenters. The normalized spacial score (nSPS) is 23.1. The van der Waals surface area contributed by atoms with Crippen molar-refractivity contribution in [1.29, 1.82) is 0 Å². The summed E-state index contributed by atoms with van der Waals surface area (Å²) in [7, 11) is 0. The van der Waals surface area contributed by atoms with Gasteiger partial charge in [0.05, 0.1) is 6.08 Å². The summed E-state index contributed by atoms with van der Waals surface area (Å²) in [6.07, 6.45) is 4.86. The highest BCUT2D eigenvalue weighted by atomic mass is 19.4. The second kappa shape index (κ2) is 9.57. The highest BCUT2D eigenvalue weighted by molar-refractivity contribution is 5.59. The van der Waals surface area contributed by atoms with Gasteiger partial charge in [0.1, 0.15) is 5.83 Å². The van der Waals surface area contributed by atoms with Gasteiger partial charge in [-0.1, -0.05) is 63.8 Å². The summed E-state index contributed by atoms with van der Waals surface area (Å²) in [5.74, 6) is 1.20. The van der Waals surface area contributed by atoms with Gasteiger partial charge in [-0.05, 0) is 49.0 Å². The first-order chi connectivity index (χ1) is 12.3. The van der Waals surface area contributed by atoms with Crippen molar-refractivity contribution < 1.29 is 17.6 Å². The van der Waals surface area contributed by atoms with E-state index >= 15 is 0 Å². The average Bonchev–Trinajstić information content (AvgIpc) is 2.59. The van der Waals surface area contributed by atoms with Crippen molar-refractivity contribution in [2.24, 2.45) is 17.8 Å². The summed E-state index contributed by atoms with van der Waals surface area (Å²) < 4.78 is 50.1. The highest BCUT2D eigenvalue weighted by Gasteiger charge is 2.26. The van der Waals surface area contributed by atoms with Crippen LogP contribution in [0, 0.1) is 17.8 Å². The summed E-state index contributed by atoms with van der Waals surface area (Å²) >= 11 is 0. The molecule has 1 aliphatic carbocycles. The Bertz CT molecular complexity index is 563. The van der Waals surface area contributed by atoms with Crippen LogP contribution in [-0.4, -0.2) is 6.18 Å². The maximum absolute atomic E-state index is 13.5. The van der Waals surface area contributed by atoms with E-state index in [0.29, 0.717) is 0 Å². The van der Waals surface area contributed by atoms with Crippen molar-refractivity contribution in [3.8, 4) is 0 Å². The smallest absolute Gasteiger partial charge is 0.206 e. The predicted octanol–water partition coefficient (Wildman–Crippen LogP) is 7.73. The van der Waals surface area contributed by atoms with Crippen LogP contribution in [0.25, 0.3) is 5.83 Å². The molecule has 0 N–H and O–H groups in total. The zero-order valence-electron chi connectivity index (χ0n) is 15.8. The van der Waals surface area contributed by atoms with E-state index in [1.54, 1.807) is 12.1 Å². The number of benzene rings is 1. The molecule has 1 aliphatic rings. The van der Waals surface area contributed by atoms with E-state index in [1.165, 1.54) is 50.7 Å². The predicted molar refractivity (Wildman–Crippen MR) is 99.4 cm³/mol. The fourth-order valence-electron chi connectivity index (χ4n) is 4.17. The number of hydrogen-bond acceptors (Lipinski definition) is 0. The van der Waals surface area contributed by atoms with E-state index in [2.05, 4.69) is 13.8 Å². The molecule has 146 valence electrons. The minimum absolute atomic E-state index is 0.0171. The third kappa shape index (κ3) is 6.77. The molecule has 0 bridgehead atoms. The Hall–Kier alpha value is -1.32. The van der Waals surface area contributed by atoms with Crippen molar-refractivity contribution >= 4 is 5.83 Å². The standard InChI is InChI=1S/C22H30F4/c1-3-4-16(2)19-11-7-17(8-12-19)5-6-18-9-13-20(14-10-18)21(23)15-22(24,25)26/h9-10,13-17,19H,3-8,11-12H2,1-2H3/b21-15-. The summed E-state index contributed by atoms with van der Waals surface area (Å²) in [5, 5.41) is 0. The van der Waals surface area contributed by atoms with Crippen LogP contribution in [-0.2, 0) is 6.42 Å². The number of rotatable bonds is 7. The van der Waals surface area contributed by atoms with E-state index in [4.69, 9.17) is 0 Å². The zero-order valence-corrected chi connectivity index (χ0v) is 15.8. The lowest BCUT2D eigenvalue weighted by Crippen LogP contribution is -2.20. The Morgan fingerprint density at radius 1 is 1.12 bits per heavy atom. The van der Waals surface area contributed by atoms with Crippen LogP contribution >= 0.6 is 0 Å². The Morgan fingerprint density at radius 2 is 1.73 bits per heavy atom. The topological polar surface area (TPSA) is 0 Å². The Morgan fingerprint density at radius 3 is 2.27 bits per heavy atom. The van der Waals surface area contributed by atoms with Crippen LogP contribution in [0.2, 0.25) is 0 Å². The van der Waals surface area contributed by atoms with Crippen LogP contribution in [0.3, 0.4) is 0 Å². The third-order valence-corrected chi connectivity index (χ3v) is 5.80. The molecule has 0 saturated heterocycles. The SMILES string of the molecule is CCCC(C)C1CCC(CCc2ccc(/C(F)=C/C(F)(F)F)cc2)CC1. The van der Waals surface area contributed by atoms with Crippen LogP contribution < -0.4 is 0 Å². The minimum Gasteiger partial charge on any atom is -0.206 e. The number of alkyl halides is 3. The quantitative estimate of drug-likeness (QED) is 0.431. The second-order valence-electron chi connectivity index (χ2n) is 7.82. The molecule has 0 heterocycles. The fraction of sp³-hybridized carbons (Fsp3) is 0.636. The fourth-order valence-corrected chi connectivity index (χ4v) is 4.17. The number of hydrogen-bond donors (Lipinski definition) is 0. The molecule has 1 fully saturated rings. The van der Waals surface area contributed by atoms with Gasteiger partial charge in [0.15, 0.2) is 0 Å². The van der Waals surface area contributed by atoms with Gasteiger partial charge in [-0.25, -0.2) is 4.39 Å². The lowest BCUT2D eigenvalue weighted by molar-refractivity contribution is -0.0798. The Kier molecular flexibility index (Phi) is 7.72. The number of halogens is 4. The van der Waals surface area contributed by atoms with E-state index in [1.807, 2.05) is 0 Å². The van der Waals surface area contributed by atoms with Crippen molar-refractivity contribution in [1.82, 2.24) is 0 Å². The minimum atomic E-state index is -4.63. The third-order valence-electron chi connectivity index (χ3n) is 5.80. The molecule has 0 aromatic heterocycles. The lowest BCUT2D eigenvalue weighted by atomic mass is 9.74. The van der Waals surface area contributed by atoms with Gasteiger partial charge in [-0.3, -0.25) is 0 Å². The van der Waals surface area contributed by atoms with Crippen LogP contribution in [0.4, 0.5) is 17.6 Å². The first kappa shape index (κ1) is 21.0. The molecule has 0 spiro atoms. The molecule has 1 unspecified atom stereocenters. The second-order valence-corrected chi connectivity index (χ2v) is 7.82. The average molecular weight is 370 g/mol. The Balaban J connectivity index is 1.79. The molecule has 0 aliphatic heterocycles. The van der Waals surface area contributed by atoms with E-state index < -0.39 is 12.0 Å². The largest absolute Gasteiger partial charge is 0.412 e. The van der Waals surface area contributed by atoms with Gasteiger partial charge < -0.3 is 0 Å². The van der Waals surface area contributed by atoms with Crippen molar-refractivity contribution in [2.45, 2.75) is 71.4 Å². The van der Waals surface area contributed by atoms with Gasteiger partial charge in [0, 0.05) is 5.56 Å².